The molecule has 0 bridgehead atoms. The van der Waals surface area contributed by atoms with Gasteiger partial charge in [0.05, 0.1) is 19.2 Å². The van der Waals surface area contributed by atoms with E-state index in [4.69, 9.17) is 21.1 Å². The molecule has 1 fully saturated rings. The van der Waals surface area contributed by atoms with E-state index in [1.165, 1.54) is 14.2 Å². The van der Waals surface area contributed by atoms with Crippen molar-refractivity contribution in [3.8, 4) is 11.5 Å². The fraction of sp³-hybridized carbons (Fsp3) is 0.333. The number of carbonyl (C=O) groups is 1. The number of nitrogens with zero attached hydrogens (tertiary/aromatic N) is 1. The third-order valence-electron chi connectivity index (χ3n) is 3.57. The molecule has 1 aliphatic rings. The average Bonchev–Trinajstić information content (AvgIpc) is 3.25. The number of amides is 1. The monoisotopic (exact) mass is 321 g/mol. The van der Waals surface area contributed by atoms with Crippen LogP contribution >= 0.6 is 11.6 Å². The minimum Gasteiger partial charge on any atom is -0.497 e. The predicted molar refractivity (Wildman–Crippen MR) is 83.1 cm³/mol. The van der Waals surface area contributed by atoms with Gasteiger partial charge in [-0.15, -0.1) is 0 Å². The maximum atomic E-state index is 12.3. The zero-order valence-electron chi connectivity index (χ0n) is 12.3. The first-order valence-electron chi connectivity index (χ1n) is 6.90. The molecule has 0 atom stereocenters. The first-order valence-corrected chi connectivity index (χ1v) is 7.28. The molecule has 0 radical (unpaired) electrons. The summed E-state index contributed by atoms with van der Waals surface area (Å²) in [6, 6.07) is 5.04. The molecular weight excluding hydrogens is 306 g/mol. The van der Waals surface area contributed by atoms with Gasteiger partial charge in [0.2, 0.25) is 0 Å². The summed E-state index contributed by atoms with van der Waals surface area (Å²) >= 11 is 6.19. The predicted octanol–water partition coefficient (Wildman–Crippen LogP) is 3.21. The number of anilines is 1. The molecule has 3 rings (SSSR count). The van der Waals surface area contributed by atoms with E-state index >= 15 is 0 Å². The number of H-pyrrole nitrogens is 1. The van der Waals surface area contributed by atoms with E-state index in [-0.39, 0.29) is 5.91 Å². The van der Waals surface area contributed by atoms with Gasteiger partial charge in [-0.2, -0.15) is 5.10 Å². The number of benzene rings is 1. The number of aromatic amines is 1. The number of ether oxygens (including phenoxy) is 2. The Morgan fingerprint density at radius 3 is 2.73 bits per heavy atom. The van der Waals surface area contributed by atoms with Crippen LogP contribution in [0.3, 0.4) is 0 Å². The molecule has 6 nitrogen and oxygen atoms in total. The van der Waals surface area contributed by atoms with Gasteiger partial charge in [0.15, 0.2) is 5.69 Å². The van der Waals surface area contributed by atoms with Gasteiger partial charge in [-0.05, 0) is 18.9 Å². The summed E-state index contributed by atoms with van der Waals surface area (Å²) in [5.74, 6) is 1.15. The Morgan fingerprint density at radius 1 is 1.32 bits per heavy atom. The number of rotatable bonds is 5. The first kappa shape index (κ1) is 14.7. The molecule has 1 aliphatic carbocycles. The van der Waals surface area contributed by atoms with E-state index in [9.17, 15) is 4.79 Å². The largest absolute Gasteiger partial charge is 0.497 e. The third kappa shape index (κ3) is 2.87. The molecule has 2 N–H and O–H groups in total. The second-order valence-corrected chi connectivity index (χ2v) is 5.53. The molecule has 0 spiro atoms. The van der Waals surface area contributed by atoms with Crippen molar-refractivity contribution in [2.45, 2.75) is 18.8 Å². The van der Waals surface area contributed by atoms with Crippen LogP contribution in [0, 0.1) is 0 Å². The van der Waals surface area contributed by atoms with E-state index in [0.29, 0.717) is 33.8 Å². The van der Waals surface area contributed by atoms with Gasteiger partial charge in [-0.25, -0.2) is 0 Å². The molecule has 1 saturated carbocycles. The SMILES string of the molecule is COc1cc(Cl)c(NC(=O)c2cc(C3CC3)[nH]n2)c(OC)c1. The molecule has 0 saturated heterocycles. The number of hydrogen-bond donors (Lipinski definition) is 2. The van der Waals surface area contributed by atoms with Gasteiger partial charge in [-0.3, -0.25) is 9.89 Å². The van der Waals surface area contributed by atoms with E-state index in [2.05, 4.69) is 15.5 Å². The van der Waals surface area contributed by atoms with Crippen molar-refractivity contribution in [1.82, 2.24) is 10.2 Å². The van der Waals surface area contributed by atoms with Crippen LogP contribution in [0.2, 0.25) is 5.02 Å². The molecule has 1 aromatic carbocycles. The van der Waals surface area contributed by atoms with Crippen LogP contribution in [0.15, 0.2) is 18.2 Å². The van der Waals surface area contributed by atoms with Crippen LogP contribution in [0.5, 0.6) is 11.5 Å². The summed E-state index contributed by atoms with van der Waals surface area (Å²) in [6.45, 7) is 0. The zero-order chi connectivity index (χ0) is 15.7. The number of methoxy groups -OCH3 is 2. The van der Waals surface area contributed by atoms with Gasteiger partial charge in [0, 0.05) is 23.7 Å². The molecule has 0 unspecified atom stereocenters. The Balaban J connectivity index is 1.83. The van der Waals surface area contributed by atoms with E-state index in [1.54, 1.807) is 18.2 Å². The van der Waals surface area contributed by atoms with E-state index in [1.807, 2.05) is 0 Å². The molecule has 1 amide bonds. The highest BCUT2D eigenvalue weighted by molar-refractivity contribution is 6.34. The lowest BCUT2D eigenvalue weighted by Gasteiger charge is -2.13. The quantitative estimate of drug-likeness (QED) is 0.886. The van der Waals surface area contributed by atoms with Crippen molar-refractivity contribution in [3.63, 3.8) is 0 Å². The van der Waals surface area contributed by atoms with Crippen molar-refractivity contribution in [1.29, 1.82) is 0 Å². The number of nitrogens with one attached hydrogen (secondary N) is 2. The summed E-state index contributed by atoms with van der Waals surface area (Å²) in [6.07, 6.45) is 2.28. The summed E-state index contributed by atoms with van der Waals surface area (Å²) in [5, 5.41) is 10.0. The van der Waals surface area contributed by atoms with Gasteiger partial charge in [-0.1, -0.05) is 11.6 Å². The summed E-state index contributed by atoms with van der Waals surface area (Å²) in [7, 11) is 3.03. The second kappa shape index (κ2) is 5.88. The Hall–Kier alpha value is -2.21. The molecule has 2 aromatic rings. The van der Waals surface area contributed by atoms with Crippen LogP contribution in [0.25, 0.3) is 0 Å². The van der Waals surface area contributed by atoms with Crippen LogP contribution in [-0.4, -0.2) is 30.3 Å². The van der Waals surface area contributed by atoms with E-state index in [0.717, 1.165) is 18.5 Å². The van der Waals surface area contributed by atoms with Crippen molar-refractivity contribution in [2.75, 3.05) is 19.5 Å². The Kier molecular flexibility index (Phi) is 3.94. The second-order valence-electron chi connectivity index (χ2n) is 5.12. The normalized spacial score (nSPS) is 13.8. The maximum absolute atomic E-state index is 12.3. The lowest BCUT2D eigenvalue weighted by atomic mass is 10.2. The Bertz CT molecular complexity index is 710. The first-order chi connectivity index (χ1) is 10.6. The highest BCUT2D eigenvalue weighted by Gasteiger charge is 2.26. The topological polar surface area (TPSA) is 76.2 Å². The summed E-state index contributed by atoms with van der Waals surface area (Å²) < 4.78 is 10.4. The standard InChI is InChI=1S/C15H16ClN3O3/c1-21-9-5-10(16)14(13(6-9)22-2)17-15(20)12-7-11(18-19-12)8-3-4-8/h5-8H,3-4H2,1-2H3,(H,17,20)(H,18,19). The molecule has 7 heteroatoms. The molecule has 1 aromatic heterocycles. The number of halogens is 1. The van der Waals surface area contributed by atoms with Crippen LogP contribution in [0.1, 0.15) is 34.9 Å². The molecule has 116 valence electrons. The van der Waals surface area contributed by atoms with E-state index < -0.39 is 0 Å². The fourth-order valence-electron chi connectivity index (χ4n) is 2.19. The number of hydrogen-bond acceptors (Lipinski definition) is 4. The highest BCUT2D eigenvalue weighted by Crippen LogP contribution is 2.39. The number of aromatic nitrogens is 2. The van der Waals surface area contributed by atoms with Gasteiger partial charge in [0.25, 0.3) is 5.91 Å². The van der Waals surface area contributed by atoms with Gasteiger partial charge < -0.3 is 14.8 Å². The van der Waals surface area contributed by atoms with Crippen LogP contribution in [-0.2, 0) is 0 Å². The molecule has 0 aliphatic heterocycles. The van der Waals surface area contributed by atoms with Crippen molar-refractivity contribution in [3.05, 3.63) is 34.6 Å². The lowest BCUT2D eigenvalue weighted by Crippen LogP contribution is -2.13. The zero-order valence-corrected chi connectivity index (χ0v) is 13.0. The molecule has 1 heterocycles. The molecule has 22 heavy (non-hydrogen) atoms. The van der Waals surface area contributed by atoms with Gasteiger partial charge in [0.1, 0.15) is 17.2 Å². The third-order valence-corrected chi connectivity index (χ3v) is 3.87. The van der Waals surface area contributed by atoms with Crippen LogP contribution < -0.4 is 14.8 Å². The maximum Gasteiger partial charge on any atom is 0.276 e. The summed E-state index contributed by atoms with van der Waals surface area (Å²) in [5.41, 5.74) is 1.72. The Labute approximate surface area is 132 Å². The van der Waals surface area contributed by atoms with Crippen LogP contribution in [0.4, 0.5) is 5.69 Å². The fourth-order valence-corrected chi connectivity index (χ4v) is 2.44. The van der Waals surface area contributed by atoms with Gasteiger partial charge >= 0.3 is 0 Å². The minimum absolute atomic E-state index is 0.329. The Morgan fingerprint density at radius 2 is 2.09 bits per heavy atom. The minimum atomic E-state index is -0.339. The average molecular weight is 322 g/mol. The summed E-state index contributed by atoms with van der Waals surface area (Å²) in [4.78, 5) is 12.3. The lowest BCUT2D eigenvalue weighted by molar-refractivity contribution is 0.102. The van der Waals surface area contributed by atoms with Crippen molar-refractivity contribution >= 4 is 23.2 Å². The highest BCUT2D eigenvalue weighted by atomic mass is 35.5. The molecular formula is C15H16ClN3O3. The van der Waals surface area contributed by atoms with Crippen molar-refractivity contribution in [2.24, 2.45) is 0 Å². The number of carbonyl (C=O) groups excluding carboxylic acids is 1. The smallest absolute Gasteiger partial charge is 0.276 e. The van der Waals surface area contributed by atoms with Crippen molar-refractivity contribution < 1.29 is 14.3 Å².